The van der Waals surface area contributed by atoms with Crippen molar-refractivity contribution in [3.8, 4) is 77.2 Å². The van der Waals surface area contributed by atoms with E-state index in [4.69, 9.17) is 39.1 Å². The van der Waals surface area contributed by atoms with Crippen molar-refractivity contribution in [3.63, 3.8) is 0 Å². The van der Waals surface area contributed by atoms with Crippen molar-refractivity contribution in [2.45, 2.75) is 61.8 Å². The maximum absolute atomic E-state index is 5.41. The second-order valence-corrected chi connectivity index (χ2v) is 38.9. The van der Waals surface area contributed by atoms with Crippen molar-refractivity contribution in [2.24, 2.45) is 0 Å². The molecule has 26 rings (SSSR count). The van der Waals surface area contributed by atoms with Crippen molar-refractivity contribution in [2.75, 3.05) is 93.6 Å². The number of allylic oxidation sites excluding steroid dienone is 3. The molecule has 3 aliphatic heterocycles. The largest absolute Gasteiger partial charge is 0.378 e. The van der Waals surface area contributed by atoms with Crippen LogP contribution >= 0.6 is 79.4 Å². The minimum absolute atomic E-state index is 0. The maximum Gasteiger partial charge on any atom is 0.186 e. The van der Waals surface area contributed by atoms with Crippen LogP contribution in [0.25, 0.3) is 126 Å². The van der Waals surface area contributed by atoms with Crippen LogP contribution in [-0.4, -0.2) is 129 Å². The maximum atomic E-state index is 5.41. The lowest BCUT2D eigenvalue weighted by atomic mass is 10.0. The molecular formula is C115H109N13O3S7. The number of H-pyrrole nitrogens is 2. The number of benzene rings is 9. The predicted octanol–water partition coefficient (Wildman–Crippen LogP) is 29.4. The Kier molecular flexibility index (Phi) is 32.5. The molecule has 0 radical (unpaired) electrons. The molecule has 3 aliphatic carbocycles. The number of anilines is 3. The highest BCUT2D eigenvalue weighted by Gasteiger charge is 2.25. The number of nitrogens with one attached hydrogen (secondary N) is 2. The fourth-order valence-corrected chi connectivity index (χ4v) is 23.4. The molecule has 16 nitrogen and oxygen atoms in total. The molecule has 0 atom stereocenters. The molecule has 20 aromatic rings. The Labute approximate surface area is 835 Å². The summed E-state index contributed by atoms with van der Waals surface area (Å²) in [6.07, 6.45) is 22.2. The lowest BCUT2D eigenvalue weighted by Gasteiger charge is -2.27. The van der Waals surface area contributed by atoms with E-state index < -0.39 is 0 Å². The Morgan fingerprint density at radius 1 is 0.355 bits per heavy atom. The zero-order valence-corrected chi connectivity index (χ0v) is 80.4. The first-order valence-electron chi connectivity index (χ1n) is 45.5. The molecule has 6 aliphatic rings. The second kappa shape index (κ2) is 46.6. The third-order valence-corrected chi connectivity index (χ3v) is 30.8. The van der Waals surface area contributed by atoms with Gasteiger partial charge in [-0.2, -0.15) is 0 Å². The van der Waals surface area contributed by atoms with Gasteiger partial charge in [-0.25, -0.2) is 29.9 Å². The second-order valence-electron chi connectivity index (χ2n) is 32.7. The van der Waals surface area contributed by atoms with Gasteiger partial charge >= 0.3 is 0 Å². The number of hydrogen-bond acceptors (Lipinski definition) is 21. The highest BCUT2D eigenvalue weighted by atomic mass is 32.1. The van der Waals surface area contributed by atoms with Crippen LogP contribution in [0.4, 0.5) is 16.0 Å². The highest BCUT2D eigenvalue weighted by molar-refractivity contribution is 7.15. The number of rotatable bonds is 14. The predicted molar refractivity (Wildman–Crippen MR) is 587 cm³/mol. The average Bonchev–Trinajstić information content (AvgIpc) is 1.64. The smallest absolute Gasteiger partial charge is 0.186 e. The van der Waals surface area contributed by atoms with Crippen LogP contribution in [0.2, 0.25) is 0 Å². The van der Waals surface area contributed by atoms with E-state index in [1.165, 1.54) is 131 Å². The molecule has 138 heavy (non-hydrogen) atoms. The Hall–Kier alpha value is -13.4. The Balaban J connectivity index is 0.000000112. The number of hydrogen-bond donors (Lipinski definition) is 2. The zero-order chi connectivity index (χ0) is 90.9. The molecular weight excluding hydrogens is 1840 g/mol. The van der Waals surface area contributed by atoms with Gasteiger partial charge in [-0.05, 0) is 130 Å². The quantitative estimate of drug-likeness (QED) is 0.105. The number of aryl methyl sites for hydroxylation is 2. The summed E-state index contributed by atoms with van der Waals surface area (Å²) in [5.74, 6) is 0. The van der Waals surface area contributed by atoms with Crippen LogP contribution < -0.4 is 14.7 Å². The molecule has 2 N–H and O–H groups in total. The van der Waals surface area contributed by atoms with Gasteiger partial charge < -0.3 is 38.9 Å². The summed E-state index contributed by atoms with van der Waals surface area (Å²) in [6.45, 7) is 14.8. The summed E-state index contributed by atoms with van der Waals surface area (Å²) in [5.41, 5.74) is 30.4. The summed E-state index contributed by atoms with van der Waals surface area (Å²) in [4.78, 5) is 53.1. The molecule has 3 fully saturated rings. The summed E-state index contributed by atoms with van der Waals surface area (Å²) in [7, 11) is 0. The third kappa shape index (κ3) is 22.5. The topological polar surface area (TPSA) is 172 Å². The number of aromatic nitrogens is 10. The fourth-order valence-electron chi connectivity index (χ4n) is 17.3. The van der Waals surface area contributed by atoms with Crippen molar-refractivity contribution >= 4 is 145 Å². The number of para-hydroxylation sites is 2. The molecule has 23 heteroatoms. The van der Waals surface area contributed by atoms with E-state index in [0.29, 0.717) is 0 Å². The van der Waals surface area contributed by atoms with Gasteiger partial charge in [0.25, 0.3) is 0 Å². The number of morpholine rings is 3. The van der Waals surface area contributed by atoms with E-state index in [0.717, 1.165) is 175 Å². The number of fused-ring (bicyclic) bond motifs is 6. The fraction of sp³-hybridized carbons (Fsp3) is 0.183. The molecule has 3 saturated heterocycles. The molecule has 694 valence electrons. The van der Waals surface area contributed by atoms with E-state index in [9.17, 15) is 0 Å². The molecule has 0 bridgehead atoms. The third-order valence-electron chi connectivity index (χ3n) is 24.2. The minimum atomic E-state index is 0. The summed E-state index contributed by atoms with van der Waals surface area (Å²) >= 11 is 12.2. The van der Waals surface area contributed by atoms with E-state index in [-0.39, 0.29) is 22.3 Å². The Morgan fingerprint density at radius 3 is 1.38 bits per heavy atom. The van der Waals surface area contributed by atoms with Gasteiger partial charge in [0.2, 0.25) is 0 Å². The molecule has 9 aromatic carbocycles. The first-order chi connectivity index (χ1) is 66.8. The van der Waals surface area contributed by atoms with Crippen LogP contribution in [0, 0.1) is 6.92 Å². The van der Waals surface area contributed by atoms with Gasteiger partial charge in [0.05, 0.1) is 78.0 Å². The van der Waals surface area contributed by atoms with Crippen molar-refractivity contribution in [3.05, 3.63) is 402 Å². The number of ether oxygens (including phenoxy) is 3. The van der Waals surface area contributed by atoms with Gasteiger partial charge in [-0.1, -0.05) is 260 Å². The standard InChI is InChI=1S/C20H14N2S.C17H16N2OS.2C17H12N2S.C16H17N3OS.C14H15NOS.C11H11NS.3CH4/c1-2-6-14-13(5-1)9-10-16(14)20-22-19(12-23-20)17-11-21-18-8-4-3-7-15(17)18;1-2-6-14-13(4-1)5-3-7-15(14)16-12-21-17(18-16)19-8-10-20-11-9-19;1-2-6-14-12(4-1)7-8-15(14)17-19-16(11-20-17)13-5-3-9-18-10-13;1-2-4-14-12(3-1)5-6-15(14)17-19-16(11-20-17)13-7-9-18-10-8-13;1-11-15(12-4-2-3-5-13(12)17-11)14-10-21-16(18-14)19-6-8-20-9-7-19;1-2-4-12(5-3-1)14-10-13(11-17-14)15-6-8-16-9-7-15;1-2-11-12-8-10(13-11)9-6-4-3-5-7-9;;;/h1-8,10-12,21H,9H2;1-7,12H,8-11H2;1-6,8-11H,7H2;1-4,6-11H,5H2;2-5,10,17H,6-9H2,1H3;1-5,10-11H,6-9H2;3-8H,2H2,1H3;3*1H4. The molecule has 0 saturated carbocycles. The molecule has 0 unspecified atom stereocenters. The van der Waals surface area contributed by atoms with Crippen LogP contribution in [-0.2, 0) is 39.9 Å². The number of nitrogens with zero attached hydrogens (tertiary/aromatic N) is 11. The van der Waals surface area contributed by atoms with Gasteiger partial charge in [0.1, 0.15) is 15.0 Å². The van der Waals surface area contributed by atoms with Crippen molar-refractivity contribution in [1.29, 1.82) is 0 Å². The van der Waals surface area contributed by atoms with Gasteiger partial charge in [-0.3, -0.25) is 9.97 Å². The van der Waals surface area contributed by atoms with Crippen molar-refractivity contribution < 1.29 is 14.2 Å². The molecule has 0 amide bonds. The lowest BCUT2D eigenvalue weighted by Crippen LogP contribution is -2.36. The Bertz CT molecular complexity index is 7310. The summed E-state index contributed by atoms with van der Waals surface area (Å²) in [5, 5.41) is 24.6. The first kappa shape index (κ1) is 96.3. The zero-order valence-electron chi connectivity index (χ0n) is 74.7. The number of aromatic amines is 2. The Morgan fingerprint density at radius 2 is 0.812 bits per heavy atom. The monoisotopic (exact) mass is 1940 g/mol. The van der Waals surface area contributed by atoms with Crippen molar-refractivity contribution in [1.82, 2.24) is 49.8 Å². The summed E-state index contributed by atoms with van der Waals surface area (Å²) in [6, 6.07) is 88.6. The average molecular weight is 1950 g/mol. The lowest BCUT2D eigenvalue weighted by molar-refractivity contribution is 0.122. The molecule has 0 spiro atoms. The van der Waals surface area contributed by atoms with Crippen LogP contribution in [0.5, 0.6) is 0 Å². The van der Waals surface area contributed by atoms with E-state index in [2.05, 4.69) is 335 Å². The van der Waals surface area contributed by atoms with Crippen LogP contribution in [0.1, 0.15) is 88.3 Å². The summed E-state index contributed by atoms with van der Waals surface area (Å²) < 4.78 is 16.2. The number of pyridine rings is 2. The minimum Gasteiger partial charge on any atom is -0.378 e. The van der Waals surface area contributed by atoms with Gasteiger partial charge in [0.15, 0.2) is 10.3 Å². The van der Waals surface area contributed by atoms with Crippen LogP contribution in [0.15, 0.2) is 342 Å². The van der Waals surface area contributed by atoms with Gasteiger partial charge in [-0.15, -0.1) is 79.4 Å². The molecule has 11 aromatic heterocycles. The van der Waals surface area contributed by atoms with E-state index >= 15 is 0 Å². The van der Waals surface area contributed by atoms with Crippen LogP contribution in [0.3, 0.4) is 0 Å². The molecule has 14 heterocycles. The normalized spacial score (nSPS) is 13.7. The number of thiophene rings is 1. The van der Waals surface area contributed by atoms with E-state index in [1.807, 2.05) is 54.1 Å². The van der Waals surface area contributed by atoms with E-state index in [1.54, 1.807) is 86.6 Å². The first-order valence-corrected chi connectivity index (χ1v) is 51.6. The highest BCUT2D eigenvalue weighted by Crippen LogP contribution is 2.43. The van der Waals surface area contributed by atoms with Gasteiger partial charge in [0, 0.05) is 191 Å². The number of thiazole rings is 6. The SMILES string of the molecule is C.C.C.C1=C(c2nc(-c3c[nH]c4ccccc34)cs2)c2ccccc2C1.C1=C(c2nc(-c3cccnc3)cs2)c2ccccc2C1.C1=C(c2nc(-c3ccncc3)cs2)c2ccccc2C1.CCc1ncc(-c2ccccc2)s1.Cc1[nH]c2ccccc2c1-c1csc(N2CCOCC2)n1.c1ccc(-c2cc(N3CCOCC3)cs2)cc1.c1ccc2c(-c3csc(N4CCOCC4)n3)cccc2c1.